The molecule has 1 saturated heterocycles. The third-order valence-electron chi connectivity index (χ3n) is 3.07. The number of anilines is 1. The highest BCUT2D eigenvalue weighted by Gasteiger charge is 2.19. The first-order valence-electron chi connectivity index (χ1n) is 6.04. The SMILES string of the molecule is CCC1CN(c2ccc(C(C)=O)nc2)CCS1. The molecule has 1 aromatic rings. The number of nitrogens with zero attached hydrogens (tertiary/aromatic N) is 2. The van der Waals surface area contributed by atoms with Crippen LogP contribution in [0.1, 0.15) is 30.8 Å². The van der Waals surface area contributed by atoms with Crippen LogP contribution in [0.2, 0.25) is 0 Å². The molecule has 0 bridgehead atoms. The molecular weight excluding hydrogens is 232 g/mol. The third-order valence-corrected chi connectivity index (χ3v) is 4.44. The minimum atomic E-state index is 0.0252. The minimum Gasteiger partial charge on any atom is -0.368 e. The number of thioether (sulfide) groups is 1. The molecule has 1 aliphatic heterocycles. The fourth-order valence-corrected chi connectivity index (χ4v) is 3.16. The van der Waals surface area contributed by atoms with E-state index in [1.54, 1.807) is 6.92 Å². The monoisotopic (exact) mass is 250 g/mol. The van der Waals surface area contributed by atoms with Gasteiger partial charge in [-0.05, 0) is 18.6 Å². The lowest BCUT2D eigenvalue weighted by Crippen LogP contribution is -2.37. The summed E-state index contributed by atoms with van der Waals surface area (Å²) in [5.41, 5.74) is 1.68. The quantitative estimate of drug-likeness (QED) is 0.772. The number of pyridine rings is 1. The average Bonchev–Trinajstić information content (AvgIpc) is 2.39. The van der Waals surface area contributed by atoms with Crippen molar-refractivity contribution in [2.75, 3.05) is 23.7 Å². The van der Waals surface area contributed by atoms with Gasteiger partial charge in [0.05, 0.1) is 11.9 Å². The highest BCUT2D eigenvalue weighted by Crippen LogP contribution is 2.25. The van der Waals surface area contributed by atoms with Crippen molar-refractivity contribution in [2.45, 2.75) is 25.5 Å². The molecule has 0 spiro atoms. The summed E-state index contributed by atoms with van der Waals surface area (Å²) < 4.78 is 0. The Morgan fingerprint density at radius 3 is 3.00 bits per heavy atom. The highest BCUT2D eigenvalue weighted by atomic mass is 32.2. The Morgan fingerprint density at radius 1 is 1.59 bits per heavy atom. The summed E-state index contributed by atoms with van der Waals surface area (Å²) in [6.07, 6.45) is 3.03. The van der Waals surface area contributed by atoms with Crippen LogP contribution < -0.4 is 4.90 Å². The molecule has 3 nitrogen and oxygen atoms in total. The molecule has 1 aliphatic rings. The Labute approximate surface area is 107 Å². The van der Waals surface area contributed by atoms with E-state index in [-0.39, 0.29) is 5.78 Å². The Bertz CT molecular complexity index is 391. The van der Waals surface area contributed by atoms with Crippen LogP contribution in [0.4, 0.5) is 5.69 Å². The van der Waals surface area contributed by atoms with Crippen molar-refractivity contribution in [3.8, 4) is 0 Å². The fraction of sp³-hybridized carbons (Fsp3) is 0.538. The molecule has 1 aromatic heterocycles. The zero-order valence-corrected chi connectivity index (χ0v) is 11.2. The van der Waals surface area contributed by atoms with Crippen LogP contribution in [-0.4, -0.2) is 34.9 Å². The standard InChI is InChI=1S/C13H18N2OS/c1-3-12-9-15(6-7-17-12)11-4-5-13(10(2)16)14-8-11/h4-5,8,12H,3,6-7,9H2,1-2H3. The van der Waals surface area contributed by atoms with Crippen molar-refractivity contribution in [3.05, 3.63) is 24.0 Å². The number of hydrogen-bond acceptors (Lipinski definition) is 4. The minimum absolute atomic E-state index is 0.0252. The van der Waals surface area contributed by atoms with Gasteiger partial charge in [-0.15, -0.1) is 0 Å². The van der Waals surface area contributed by atoms with Crippen molar-refractivity contribution in [2.24, 2.45) is 0 Å². The predicted molar refractivity (Wildman–Crippen MR) is 73.0 cm³/mol. The van der Waals surface area contributed by atoms with Gasteiger partial charge in [0.1, 0.15) is 5.69 Å². The van der Waals surface area contributed by atoms with Crippen LogP contribution in [0, 0.1) is 0 Å². The van der Waals surface area contributed by atoms with Crippen LogP contribution in [0.3, 0.4) is 0 Å². The molecule has 0 saturated carbocycles. The molecule has 0 aliphatic carbocycles. The van der Waals surface area contributed by atoms with Crippen molar-refractivity contribution in [3.63, 3.8) is 0 Å². The van der Waals surface area contributed by atoms with Gasteiger partial charge in [-0.1, -0.05) is 6.92 Å². The molecule has 1 atom stereocenters. The van der Waals surface area contributed by atoms with E-state index < -0.39 is 0 Å². The molecule has 92 valence electrons. The number of Topliss-reactive ketones (excluding diaryl/α,β-unsaturated/α-hetero) is 1. The van der Waals surface area contributed by atoms with E-state index in [0.717, 1.165) is 24.0 Å². The molecule has 2 heterocycles. The molecule has 4 heteroatoms. The molecule has 0 radical (unpaired) electrons. The Kier molecular flexibility index (Phi) is 4.05. The summed E-state index contributed by atoms with van der Waals surface area (Å²) in [4.78, 5) is 17.7. The van der Waals surface area contributed by atoms with Gasteiger partial charge in [-0.3, -0.25) is 9.78 Å². The molecule has 17 heavy (non-hydrogen) atoms. The second-order valence-electron chi connectivity index (χ2n) is 4.30. The van der Waals surface area contributed by atoms with Gasteiger partial charge in [0, 0.05) is 31.0 Å². The number of aromatic nitrogens is 1. The first kappa shape index (κ1) is 12.4. The van der Waals surface area contributed by atoms with E-state index in [4.69, 9.17) is 0 Å². The van der Waals surface area contributed by atoms with Gasteiger partial charge in [0.25, 0.3) is 0 Å². The molecule has 0 aromatic carbocycles. The number of carbonyl (C=O) groups excluding carboxylic acids is 1. The maximum Gasteiger partial charge on any atom is 0.178 e. The summed E-state index contributed by atoms with van der Waals surface area (Å²) in [6.45, 7) is 5.94. The molecule has 1 unspecified atom stereocenters. The fourth-order valence-electron chi connectivity index (χ4n) is 1.98. The van der Waals surface area contributed by atoms with Gasteiger partial charge in [-0.25, -0.2) is 0 Å². The molecular formula is C13H18N2OS. The van der Waals surface area contributed by atoms with Gasteiger partial charge in [0.2, 0.25) is 0 Å². The Balaban J connectivity index is 2.08. The summed E-state index contributed by atoms with van der Waals surface area (Å²) in [6, 6.07) is 3.83. The average molecular weight is 250 g/mol. The van der Waals surface area contributed by atoms with E-state index in [9.17, 15) is 4.79 Å². The van der Waals surface area contributed by atoms with E-state index in [1.807, 2.05) is 18.3 Å². The Hall–Kier alpha value is -1.03. The van der Waals surface area contributed by atoms with Gasteiger partial charge in [-0.2, -0.15) is 11.8 Å². The largest absolute Gasteiger partial charge is 0.368 e. The van der Waals surface area contributed by atoms with Crippen molar-refractivity contribution in [1.82, 2.24) is 4.98 Å². The van der Waals surface area contributed by atoms with Crippen molar-refractivity contribution in [1.29, 1.82) is 0 Å². The lowest BCUT2D eigenvalue weighted by molar-refractivity contribution is 0.101. The summed E-state index contributed by atoms with van der Waals surface area (Å²) in [5.74, 6) is 1.20. The summed E-state index contributed by atoms with van der Waals surface area (Å²) >= 11 is 2.05. The number of carbonyl (C=O) groups is 1. The maximum absolute atomic E-state index is 11.2. The molecule has 0 N–H and O–H groups in total. The lowest BCUT2D eigenvalue weighted by Gasteiger charge is -2.33. The number of rotatable bonds is 3. The number of hydrogen-bond donors (Lipinski definition) is 0. The first-order valence-corrected chi connectivity index (χ1v) is 7.09. The van der Waals surface area contributed by atoms with Crippen LogP contribution in [0.25, 0.3) is 0 Å². The number of ketones is 1. The molecule has 1 fully saturated rings. The van der Waals surface area contributed by atoms with Crippen molar-refractivity contribution < 1.29 is 4.79 Å². The molecule has 2 rings (SSSR count). The highest BCUT2D eigenvalue weighted by molar-refractivity contribution is 8.00. The van der Waals surface area contributed by atoms with Gasteiger partial charge < -0.3 is 4.90 Å². The first-order chi connectivity index (χ1) is 8.20. The normalized spacial score (nSPS) is 20.4. The zero-order chi connectivity index (χ0) is 12.3. The zero-order valence-electron chi connectivity index (χ0n) is 10.3. The predicted octanol–water partition coefficient (Wildman–Crippen LogP) is 2.62. The topological polar surface area (TPSA) is 33.2 Å². The Morgan fingerprint density at radius 2 is 2.41 bits per heavy atom. The second-order valence-corrected chi connectivity index (χ2v) is 5.71. The van der Waals surface area contributed by atoms with Crippen LogP contribution >= 0.6 is 11.8 Å². The van der Waals surface area contributed by atoms with Crippen LogP contribution in [-0.2, 0) is 0 Å². The lowest BCUT2D eigenvalue weighted by atomic mass is 10.2. The molecule has 0 amide bonds. The summed E-state index contributed by atoms with van der Waals surface area (Å²) in [5, 5.41) is 0.719. The van der Waals surface area contributed by atoms with E-state index in [0.29, 0.717) is 5.69 Å². The van der Waals surface area contributed by atoms with Crippen molar-refractivity contribution >= 4 is 23.2 Å². The van der Waals surface area contributed by atoms with Gasteiger partial charge in [0.15, 0.2) is 5.78 Å². The van der Waals surface area contributed by atoms with E-state index in [1.165, 1.54) is 12.2 Å². The van der Waals surface area contributed by atoms with E-state index in [2.05, 4.69) is 28.6 Å². The second kappa shape index (κ2) is 5.54. The maximum atomic E-state index is 11.2. The van der Waals surface area contributed by atoms with Crippen LogP contribution in [0.15, 0.2) is 18.3 Å². The van der Waals surface area contributed by atoms with Gasteiger partial charge >= 0.3 is 0 Å². The van der Waals surface area contributed by atoms with E-state index >= 15 is 0 Å². The summed E-state index contributed by atoms with van der Waals surface area (Å²) in [7, 11) is 0. The van der Waals surface area contributed by atoms with Crippen LogP contribution in [0.5, 0.6) is 0 Å². The smallest absolute Gasteiger partial charge is 0.178 e. The third kappa shape index (κ3) is 3.00.